The first-order chi connectivity index (χ1) is 12.1. The fourth-order valence-corrected chi connectivity index (χ4v) is 2.55. The number of halogens is 1. The first-order valence-electron chi connectivity index (χ1n) is 7.57. The van der Waals surface area contributed by atoms with E-state index in [4.69, 9.17) is 16.3 Å². The SMILES string of the molecule is O=C1NC(=O)c2c(Cl)cccc21.c1ccc(Oc2ccccc2)cc1. The van der Waals surface area contributed by atoms with Crippen molar-refractivity contribution in [3.8, 4) is 11.5 Å². The van der Waals surface area contributed by atoms with Gasteiger partial charge in [-0.3, -0.25) is 14.9 Å². The van der Waals surface area contributed by atoms with E-state index in [9.17, 15) is 9.59 Å². The van der Waals surface area contributed by atoms with Gasteiger partial charge < -0.3 is 4.74 Å². The van der Waals surface area contributed by atoms with Crippen LogP contribution in [-0.2, 0) is 0 Å². The van der Waals surface area contributed by atoms with Gasteiger partial charge in [-0.05, 0) is 36.4 Å². The molecule has 1 N–H and O–H groups in total. The fourth-order valence-electron chi connectivity index (χ4n) is 2.29. The Kier molecular flexibility index (Phi) is 5.11. The normalized spacial score (nSPS) is 11.9. The summed E-state index contributed by atoms with van der Waals surface area (Å²) in [5.74, 6) is 0.945. The number of ether oxygens (including phenoxy) is 1. The molecule has 4 rings (SSSR count). The largest absolute Gasteiger partial charge is 0.457 e. The second kappa shape index (κ2) is 7.64. The van der Waals surface area contributed by atoms with Gasteiger partial charge in [-0.15, -0.1) is 0 Å². The molecule has 0 atom stereocenters. The number of amides is 2. The first kappa shape index (κ1) is 16.7. The van der Waals surface area contributed by atoms with Crippen molar-refractivity contribution in [2.75, 3.05) is 0 Å². The van der Waals surface area contributed by atoms with Gasteiger partial charge in [-0.2, -0.15) is 0 Å². The number of nitrogens with one attached hydrogen (secondary N) is 1. The number of imide groups is 1. The summed E-state index contributed by atoms with van der Waals surface area (Å²) in [7, 11) is 0. The highest BCUT2D eigenvalue weighted by atomic mass is 35.5. The minimum absolute atomic E-state index is 0.282. The van der Waals surface area contributed by atoms with E-state index in [0.29, 0.717) is 10.6 Å². The minimum atomic E-state index is -0.416. The second-order valence-electron chi connectivity index (χ2n) is 5.17. The van der Waals surface area contributed by atoms with Gasteiger partial charge in [-0.1, -0.05) is 54.1 Å². The molecule has 0 aromatic heterocycles. The summed E-state index contributed by atoms with van der Waals surface area (Å²) >= 11 is 5.72. The monoisotopic (exact) mass is 351 g/mol. The van der Waals surface area contributed by atoms with Crippen molar-refractivity contribution in [1.82, 2.24) is 5.32 Å². The number of benzene rings is 3. The lowest BCUT2D eigenvalue weighted by atomic mass is 10.1. The van der Waals surface area contributed by atoms with E-state index >= 15 is 0 Å². The predicted molar refractivity (Wildman–Crippen MR) is 96.2 cm³/mol. The van der Waals surface area contributed by atoms with Crippen molar-refractivity contribution >= 4 is 23.4 Å². The van der Waals surface area contributed by atoms with E-state index in [0.717, 1.165) is 11.5 Å². The first-order valence-corrected chi connectivity index (χ1v) is 7.95. The number of fused-ring (bicyclic) bond motifs is 1. The van der Waals surface area contributed by atoms with Gasteiger partial charge in [0.1, 0.15) is 11.5 Å². The van der Waals surface area contributed by atoms with Crippen LogP contribution in [0.1, 0.15) is 20.7 Å². The molecule has 3 aromatic rings. The van der Waals surface area contributed by atoms with Crippen molar-refractivity contribution < 1.29 is 14.3 Å². The lowest BCUT2D eigenvalue weighted by molar-refractivity contribution is 0.0879. The molecule has 5 heteroatoms. The molecule has 0 saturated carbocycles. The van der Waals surface area contributed by atoms with Crippen LogP contribution in [0.3, 0.4) is 0 Å². The van der Waals surface area contributed by atoms with E-state index < -0.39 is 5.91 Å². The summed E-state index contributed by atoms with van der Waals surface area (Å²) in [4.78, 5) is 22.1. The molecule has 0 saturated heterocycles. The third-order valence-electron chi connectivity index (χ3n) is 3.43. The Morgan fingerprint density at radius 3 is 1.76 bits per heavy atom. The zero-order chi connectivity index (χ0) is 17.6. The molecule has 25 heavy (non-hydrogen) atoms. The zero-order valence-corrected chi connectivity index (χ0v) is 13.9. The summed E-state index contributed by atoms with van der Waals surface area (Å²) in [6, 6.07) is 24.3. The molecule has 0 fully saturated rings. The highest BCUT2D eigenvalue weighted by molar-refractivity contribution is 6.37. The number of hydrogen-bond acceptors (Lipinski definition) is 3. The molecule has 4 nitrogen and oxygen atoms in total. The Bertz CT molecular complexity index is 858. The Balaban J connectivity index is 0.000000146. The second-order valence-corrected chi connectivity index (χ2v) is 5.58. The van der Waals surface area contributed by atoms with E-state index in [-0.39, 0.29) is 11.5 Å². The van der Waals surface area contributed by atoms with Crippen molar-refractivity contribution in [2.45, 2.75) is 0 Å². The van der Waals surface area contributed by atoms with Crippen molar-refractivity contribution in [3.63, 3.8) is 0 Å². The quantitative estimate of drug-likeness (QED) is 0.681. The fraction of sp³-hybridized carbons (Fsp3) is 0. The van der Waals surface area contributed by atoms with Crippen LogP contribution in [0.15, 0.2) is 78.9 Å². The molecule has 0 radical (unpaired) electrons. The summed E-state index contributed by atoms with van der Waals surface area (Å²) < 4.78 is 5.58. The standard InChI is InChI=1S/C12H10O.C8H4ClNO2/c1-3-7-11(8-4-1)13-12-9-5-2-6-10-12;9-5-3-1-2-4-6(5)8(12)10-7(4)11/h1-10H;1-3H,(H,10,11,12). The number of hydrogen-bond donors (Lipinski definition) is 1. The van der Waals surface area contributed by atoms with Crippen LogP contribution in [0.4, 0.5) is 0 Å². The van der Waals surface area contributed by atoms with E-state index in [1.54, 1.807) is 18.2 Å². The van der Waals surface area contributed by atoms with Gasteiger partial charge in [0.15, 0.2) is 0 Å². The Morgan fingerprint density at radius 2 is 1.24 bits per heavy atom. The van der Waals surface area contributed by atoms with Gasteiger partial charge in [0.05, 0.1) is 16.1 Å². The van der Waals surface area contributed by atoms with Crippen molar-refractivity contribution in [2.24, 2.45) is 0 Å². The average Bonchev–Trinajstić information content (AvgIpc) is 2.93. The van der Waals surface area contributed by atoms with Gasteiger partial charge >= 0.3 is 0 Å². The number of para-hydroxylation sites is 2. The third kappa shape index (κ3) is 4.05. The molecule has 2 amide bonds. The summed E-state index contributed by atoms with van der Waals surface area (Å²) in [5.41, 5.74) is 0.636. The third-order valence-corrected chi connectivity index (χ3v) is 3.75. The lowest BCUT2D eigenvalue weighted by Gasteiger charge is -2.03. The summed E-state index contributed by atoms with van der Waals surface area (Å²) in [6.07, 6.45) is 0. The molecular weight excluding hydrogens is 338 g/mol. The summed E-state index contributed by atoms with van der Waals surface area (Å²) in [5, 5.41) is 2.48. The van der Waals surface area contributed by atoms with E-state index in [1.165, 1.54) is 0 Å². The van der Waals surface area contributed by atoms with Crippen LogP contribution in [0.25, 0.3) is 0 Å². The number of carbonyl (C=O) groups excluding carboxylic acids is 2. The zero-order valence-electron chi connectivity index (χ0n) is 13.1. The molecule has 1 aliphatic rings. The lowest BCUT2D eigenvalue weighted by Crippen LogP contribution is -2.19. The van der Waals surface area contributed by atoms with Gasteiger partial charge in [0.25, 0.3) is 11.8 Å². The minimum Gasteiger partial charge on any atom is -0.457 e. The molecule has 3 aromatic carbocycles. The van der Waals surface area contributed by atoms with Crippen LogP contribution in [0.2, 0.25) is 5.02 Å². The highest BCUT2D eigenvalue weighted by Gasteiger charge is 2.28. The maximum absolute atomic E-state index is 11.1. The van der Waals surface area contributed by atoms with Gasteiger partial charge in [-0.25, -0.2) is 0 Å². The average molecular weight is 352 g/mol. The van der Waals surface area contributed by atoms with Gasteiger partial charge in [0, 0.05) is 0 Å². The molecule has 1 heterocycles. The maximum Gasteiger partial charge on any atom is 0.260 e. The van der Waals surface area contributed by atoms with Crippen LogP contribution in [0, 0.1) is 0 Å². The molecule has 0 unspecified atom stereocenters. The van der Waals surface area contributed by atoms with Crippen molar-refractivity contribution in [3.05, 3.63) is 95.0 Å². The van der Waals surface area contributed by atoms with Crippen LogP contribution >= 0.6 is 11.6 Å². The van der Waals surface area contributed by atoms with Crippen LogP contribution < -0.4 is 10.1 Å². The van der Waals surface area contributed by atoms with Gasteiger partial charge in [0.2, 0.25) is 0 Å². The Labute approximate surface area is 150 Å². The Morgan fingerprint density at radius 1 is 0.680 bits per heavy atom. The van der Waals surface area contributed by atoms with Crippen LogP contribution in [0.5, 0.6) is 11.5 Å². The molecule has 0 aliphatic carbocycles. The predicted octanol–water partition coefficient (Wildman–Crippen LogP) is 4.70. The molecule has 1 aliphatic heterocycles. The molecule has 124 valence electrons. The number of carbonyl (C=O) groups is 2. The summed E-state index contributed by atoms with van der Waals surface area (Å²) in [6.45, 7) is 0. The van der Waals surface area contributed by atoms with E-state index in [1.807, 2.05) is 60.7 Å². The number of rotatable bonds is 2. The smallest absolute Gasteiger partial charge is 0.260 e. The Hall–Kier alpha value is -3.11. The van der Waals surface area contributed by atoms with Crippen LogP contribution in [-0.4, -0.2) is 11.8 Å². The molecular formula is C20H14ClNO3. The molecule has 0 bridgehead atoms. The van der Waals surface area contributed by atoms with E-state index in [2.05, 4.69) is 5.32 Å². The maximum atomic E-state index is 11.1. The van der Waals surface area contributed by atoms with Crippen molar-refractivity contribution in [1.29, 1.82) is 0 Å². The highest BCUT2D eigenvalue weighted by Crippen LogP contribution is 2.23. The molecule has 0 spiro atoms. The topological polar surface area (TPSA) is 55.4 Å².